The van der Waals surface area contributed by atoms with Crippen molar-refractivity contribution in [2.24, 2.45) is 0 Å². The molecule has 2 aromatic rings. The van der Waals surface area contributed by atoms with Gasteiger partial charge in [0.15, 0.2) is 0 Å². The Hall–Kier alpha value is -2.93. The Labute approximate surface area is 163 Å². The van der Waals surface area contributed by atoms with Crippen molar-refractivity contribution in [3.8, 4) is 0 Å². The molecule has 0 aromatic heterocycles. The van der Waals surface area contributed by atoms with Crippen LogP contribution in [0.3, 0.4) is 0 Å². The zero-order valence-corrected chi connectivity index (χ0v) is 16.0. The molecule has 2 aromatic carbocycles. The number of benzene rings is 2. The highest BCUT2D eigenvalue weighted by atomic mass is 19.1. The maximum atomic E-state index is 13.3. The molecule has 3 unspecified atom stereocenters. The third-order valence-corrected chi connectivity index (χ3v) is 4.84. The number of urea groups is 1. The first kappa shape index (κ1) is 19.8. The highest BCUT2D eigenvalue weighted by molar-refractivity contribution is 6.05. The zero-order valence-electron chi connectivity index (χ0n) is 16.0. The van der Waals surface area contributed by atoms with E-state index in [0.29, 0.717) is 23.0 Å². The van der Waals surface area contributed by atoms with Crippen LogP contribution < -0.4 is 21.3 Å². The monoisotopic (exact) mass is 384 g/mol. The van der Waals surface area contributed by atoms with Crippen LogP contribution in [-0.4, -0.2) is 30.1 Å². The van der Waals surface area contributed by atoms with Crippen molar-refractivity contribution >= 4 is 23.3 Å². The van der Waals surface area contributed by atoms with Gasteiger partial charge in [0.2, 0.25) is 0 Å². The average molecular weight is 384 g/mol. The van der Waals surface area contributed by atoms with Gasteiger partial charge in [-0.15, -0.1) is 0 Å². The van der Waals surface area contributed by atoms with E-state index in [1.807, 2.05) is 0 Å². The van der Waals surface area contributed by atoms with Crippen LogP contribution in [0.15, 0.2) is 48.5 Å². The number of rotatable bonds is 4. The number of halogens is 1. The Kier molecular flexibility index (Phi) is 6.26. The van der Waals surface area contributed by atoms with Gasteiger partial charge in [-0.2, -0.15) is 0 Å². The third-order valence-electron chi connectivity index (χ3n) is 4.84. The summed E-state index contributed by atoms with van der Waals surface area (Å²) in [6.45, 7) is 4.19. The number of nitrogens with one attached hydrogen (secondary N) is 4. The minimum absolute atomic E-state index is 0.0515. The molecule has 3 atom stereocenters. The Morgan fingerprint density at radius 1 is 1.00 bits per heavy atom. The molecule has 3 amide bonds. The second kappa shape index (κ2) is 8.84. The van der Waals surface area contributed by atoms with Gasteiger partial charge in [0.25, 0.3) is 5.91 Å². The number of hydrogen-bond donors (Lipinski definition) is 4. The molecule has 0 saturated carbocycles. The quantitative estimate of drug-likeness (QED) is 0.648. The van der Waals surface area contributed by atoms with Crippen LogP contribution in [-0.2, 0) is 0 Å². The molecule has 1 heterocycles. The molecule has 0 aliphatic carbocycles. The Morgan fingerprint density at radius 2 is 1.71 bits per heavy atom. The molecule has 4 N–H and O–H groups in total. The van der Waals surface area contributed by atoms with Crippen LogP contribution in [0.1, 0.15) is 37.0 Å². The lowest BCUT2D eigenvalue weighted by atomic mass is 9.95. The second-order valence-corrected chi connectivity index (χ2v) is 7.18. The molecule has 7 heteroatoms. The fourth-order valence-electron chi connectivity index (χ4n) is 3.37. The predicted molar refractivity (Wildman–Crippen MR) is 108 cm³/mol. The van der Waals surface area contributed by atoms with Gasteiger partial charge in [0.1, 0.15) is 5.82 Å². The van der Waals surface area contributed by atoms with E-state index in [1.165, 1.54) is 18.2 Å². The van der Waals surface area contributed by atoms with E-state index in [-0.39, 0.29) is 24.0 Å². The van der Waals surface area contributed by atoms with E-state index < -0.39 is 5.82 Å². The fourth-order valence-corrected chi connectivity index (χ4v) is 3.37. The van der Waals surface area contributed by atoms with E-state index in [4.69, 9.17) is 0 Å². The molecule has 3 rings (SSSR count). The number of carbonyl (C=O) groups is 2. The van der Waals surface area contributed by atoms with Crippen LogP contribution in [0.25, 0.3) is 0 Å². The summed E-state index contributed by atoms with van der Waals surface area (Å²) < 4.78 is 13.3. The molecule has 1 saturated heterocycles. The van der Waals surface area contributed by atoms with E-state index in [0.717, 1.165) is 12.8 Å². The lowest BCUT2D eigenvalue weighted by Gasteiger charge is -2.34. The summed E-state index contributed by atoms with van der Waals surface area (Å²) in [5.74, 6) is -0.806. The summed E-state index contributed by atoms with van der Waals surface area (Å²) in [7, 11) is 0. The highest BCUT2D eigenvalue weighted by Crippen LogP contribution is 2.16. The molecule has 1 aliphatic heterocycles. The van der Waals surface area contributed by atoms with Gasteiger partial charge in [-0.1, -0.05) is 12.1 Å². The first-order chi connectivity index (χ1) is 13.4. The molecule has 0 radical (unpaired) electrons. The SMILES string of the molecule is CC1CCC(NC(=O)Nc2cccc(C(=O)Nc3cccc(F)c3)c2)C(C)N1. The van der Waals surface area contributed by atoms with Crippen LogP contribution in [0, 0.1) is 5.82 Å². The number of amides is 3. The van der Waals surface area contributed by atoms with E-state index >= 15 is 0 Å². The summed E-state index contributed by atoms with van der Waals surface area (Å²) in [5.41, 5.74) is 1.24. The minimum atomic E-state index is -0.425. The highest BCUT2D eigenvalue weighted by Gasteiger charge is 2.25. The topological polar surface area (TPSA) is 82.3 Å². The number of carbonyl (C=O) groups excluding carboxylic acids is 2. The van der Waals surface area contributed by atoms with Gasteiger partial charge < -0.3 is 21.3 Å². The van der Waals surface area contributed by atoms with Crippen LogP contribution >= 0.6 is 0 Å². The zero-order chi connectivity index (χ0) is 20.1. The Balaban J connectivity index is 1.59. The number of piperidine rings is 1. The van der Waals surface area contributed by atoms with Crippen molar-refractivity contribution < 1.29 is 14.0 Å². The summed E-state index contributed by atoms with van der Waals surface area (Å²) in [4.78, 5) is 24.7. The summed E-state index contributed by atoms with van der Waals surface area (Å²) in [6.07, 6.45) is 1.92. The van der Waals surface area contributed by atoms with Gasteiger partial charge >= 0.3 is 6.03 Å². The Morgan fingerprint density at radius 3 is 2.43 bits per heavy atom. The van der Waals surface area contributed by atoms with Crippen LogP contribution in [0.5, 0.6) is 0 Å². The molecule has 0 bridgehead atoms. The summed E-state index contributed by atoms with van der Waals surface area (Å²) in [5, 5.41) is 11.8. The molecule has 6 nitrogen and oxygen atoms in total. The van der Waals surface area contributed by atoms with Gasteiger partial charge in [-0.05, 0) is 63.1 Å². The van der Waals surface area contributed by atoms with Crippen LogP contribution in [0.4, 0.5) is 20.6 Å². The van der Waals surface area contributed by atoms with Crippen molar-refractivity contribution in [3.63, 3.8) is 0 Å². The normalized spacial score (nSPS) is 21.6. The number of hydrogen-bond acceptors (Lipinski definition) is 3. The van der Waals surface area contributed by atoms with Crippen molar-refractivity contribution in [1.29, 1.82) is 0 Å². The van der Waals surface area contributed by atoms with Gasteiger partial charge in [0, 0.05) is 35.1 Å². The average Bonchev–Trinajstić information content (AvgIpc) is 2.64. The predicted octanol–water partition coefficient (Wildman–Crippen LogP) is 3.73. The van der Waals surface area contributed by atoms with E-state index in [9.17, 15) is 14.0 Å². The fraction of sp³-hybridized carbons (Fsp3) is 0.333. The van der Waals surface area contributed by atoms with Crippen LogP contribution in [0.2, 0.25) is 0 Å². The molecular formula is C21H25FN4O2. The first-order valence-electron chi connectivity index (χ1n) is 9.41. The molecular weight excluding hydrogens is 359 g/mol. The van der Waals surface area contributed by atoms with Gasteiger partial charge in [-0.3, -0.25) is 4.79 Å². The minimum Gasteiger partial charge on any atom is -0.334 e. The second-order valence-electron chi connectivity index (χ2n) is 7.18. The van der Waals surface area contributed by atoms with Crippen molar-refractivity contribution in [3.05, 3.63) is 59.9 Å². The first-order valence-corrected chi connectivity index (χ1v) is 9.41. The lowest BCUT2D eigenvalue weighted by Crippen LogP contribution is -2.55. The van der Waals surface area contributed by atoms with E-state index in [1.54, 1.807) is 30.3 Å². The molecule has 1 aliphatic rings. The Bertz CT molecular complexity index is 858. The maximum absolute atomic E-state index is 13.3. The standard InChI is InChI=1S/C21H25FN4O2/c1-13-9-10-19(14(2)23-13)26-21(28)25-17-7-3-5-15(11-17)20(27)24-18-8-4-6-16(22)12-18/h3-8,11-14,19,23H,9-10H2,1-2H3,(H,24,27)(H2,25,26,28). The molecule has 148 valence electrons. The lowest BCUT2D eigenvalue weighted by molar-refractivity contribution is 0.102. The third kappa shape index (κ3) is 5.29. The summed E-state index contributed by atoms with van der Waals surface area (Å²) >= 11 is 0. The largest absolute Gasteiger partial charge is 0.334 e. The van der Waals surface area contributed by atoms with E-state index in [2.05, 4.69) is 35.1 Å². The van der Waals surface area contributed by atoms with Gasteiger partial charge in [-0.25, -0.2) is 9.18 Å². The molecule has 28 heavy (non-hydrogen) atoms. The van der Waals surface area contributed by atoms with Crippen molar-refractivity contribution in [2.75, 3.05) is 10.6 Å². The van der Waals surface area contributed by atoms with Crippen molar-refractivity contribution in [1.82, 2.24) is 10.6 Å². The number of anilines is 2. The van der Waals surface area contributed by atoms with Crippen molar-refractivity contribution in [2.45, 2.75) is 44.8 Å². The molecule has 0 spiro atoms. The van der Waals surface area contributed by atoms with Gasteiger partial charge in [0.05, 0.1) is 0 Å². The summed E-state index contributed by atoms with van der Waals surface area (Å²) in [6, 6.07) is 12.7. The maximum Gasteiger partial charge on any atom is 0.319 e. The smallest absolute Gasteiger partial charge is 0.319 e. The molecule has 1 fully saturated rings.